The average molecular weight is 234 g/mol. The van der Waals surface area contributed by atoms with Gasteiger partial charge in [-0.3, -0.25) is 4.98 Å². The summed E-state index contributed by atoms with van der Waals surface area (Å²) in [6.45, 7) is 0.122. The van der Waals surface area contributed by atoms with Gasteiger partial charge in [0.1, 0.15) is 0 Å². The molecule has 2 nitrogen and oxygen atoms in total. The first-order valence-electron chi connectivity index (χ1n) is 5.12. The first kappa shape index (κ1) is 11.1. The van der Waals surface area contributed by atoms with Crippen LogP contribution in [-0.4, -0.2) is 16.7 Å². The average Bonchev–Trinajstić information content (AvgIpc) is 2.31. The van der Waals surface area contributed by atoms with E-state index in [9.17, 15) is 0 Å². The minimum Gasteiger partial charge on any atom is -0.396 e. The Hall–Kier alpha value is -1.38. The summed E-state index contributed by atoms with van der Waals surface area (Å²) in [7, 11) is 0. The van der Waals surface area contributed by atoms with Crippen LogP contribution in [0.15, 0.2) is 42.5 Å². The highest BCUT2D eigenvalue weighted by Gasteiger charge is 2.00. The van der Waals surface area contributed by atoms with E-state index in [4.69, 9.17) is 16.7 Å². The summed E-state index contributed by atoms with van der Waals surface area (Å²) in [5.41, 5.74) is 2.83. The molecule has 0 saturated heterocycles. The molecule has 0 fully saturated rings. The lowest BCUT2D eigenvalue weighted by atomic mass is 10.1. The second-order valence-electron chi connectivity index (χ2n) is 3.49. The Morgan fingerprint density at radius 2 is 1.81 bits per heavy atom. The van der Waals surface area contributed by atoms with Crippen LogP contribution >= 0.6 is 11.6 Å². The molecule has 2 rings (SSSR count). The molecule has 0 atom stereocenters. The van der Waals surface area contributed by atoms with E-state index < -0.39 is 0 Å². The fourth-order valence-electron chi connectivity index (χ4n) is 1.51. The van der Waals surface area contributed by atoms with Crippen molar-refractivity contribution in [3.63, 3.8) is 0 Å². The van der Waals surface area contributed by atoms with Crippen molar-refractivity contribution in [3.05, 3.63) is 53.2 Å². The molecule has 3 heteroatoms. The number of hydrogen-bond acceptors (Lipinski definition) is 2. The number of aliphatic hydroxyl groups is 1. The Morgan fingerprint density at radius 1 is 1.06 bits per heavy atom. The molecule has 0 aliphatic carbocycles. The van der Waals surface area contributed by atoms with E-state index in [1.165, 1.54) is 0 Å². The molecule has 0 aliphatic heterocycles. The van der Waals surface area contributed by atoms with Gasteiger partial charge >= 0.3 is 0 Å². The van der Waals surface area contributed by atoms with Gasteiger partial charge in [0.05, 0.1) is 5.69 Å². The van der Waals surface area contributed by atoms with Gasteiger partial charge < -0.3 is 5.11 Å². The van der Waals surface area contributed by atoms with Crippen LogP contribution in [0.4, 0.5) is 0 Å². The lowest BCUT2D eigenvalue weighted by Gasteiger charge is -2.03. The summed E-state index contributed by atoms with van der Waals surface area (Å²) in [6.07, 6.45) is 0.585. The van der Waals surface area contributed by atoms with Crippen molar-refractivity contribution in [1.82, 2.24) is 4.98 Å². The summed E-state index contributed by atoms with van der Waals surface area (Å²) in [4.78, 5) is 4.46. The van der Waals surface area contributed by atoms with Crippen molar-refractivity contribution >= 4 is 11.6 Å². The van der Waals surface area contributed by atoms with Gasteiger partial charge in [0.25, 0.3) is 0 Å². The molecule has 0 bridgehead atoms. The van der Waals surface area contributed by atoms with E-state index in [-0.39, 0.29) is 6.61 Å². The predicted octanol–water partition coefficient (Wildman–Crippen LogP) is 2.94. The van der Waals surface area contributed by atoms with Crippen LogP contribution in [-0.2, 0) is 6.42 Å². The lowest BCUT2D eigenvalue weighted by Crippen LogP contribution is -1.95. The Morgan fingerprint density at radius 3 is 2.50 bits per heavy atom. The van der Waals surface area contributed by atoms with Gasteiger partial charge in [0.2, 0.25) is 0 Å². The maximum Gasteiger partial charge on any atom is 0.0705 e. The van der Waals surface area contributed by atoms with Crippen LogP contribution in [0.2, 0.25) is 5.02 Å². The van der Waals surface area contributed by atoms with E-state index in [2.05, 4.69) is 4.98 Å². The molecule has 0 spiro atoms. The Kier molecular flexibility index (Phi) is 3.54. The highest BCUT2D eigenvalue weighted by atomic mass is 35.5. The highest BCUT2D eigenvalue weighted by molar-refractivity contribution is 6.30. The van der Waals surface area contributed by atoms with E-state index in [1.807, 2.05) is 42.5 Å². The van der Waals surface area contributed by atoms with Gasteiger partial charge in [-0.05, 0) is 24.3 Å². The van der Waals surface area contributed by atoms with Crippen molar-refractivity contribution in [2.75, 3.05) is 6.61 Å². The van der Waals surface area contributed by atoms with Gasteiger partial charge in [-0.2, -0.15) is 0 Å². The molecule has 1 aromatic carbocycles. The van der Waals surface area contributed by atoms with E-state index >= 15 is 0 Å². The Bertz CT molecular complexity index is 468. The van der Waals surface area contributed by atoms with Crippen LogP contribution in [0.25, 0.3) is 11.3 Å². The smallest absolute Gasteiger partial charge is 0.0705 e. The molecular formula is C13H12ClNO. The Balaban J connectivity index is 2.32. The molecule has 1 heterocycles. The monoisotopic (exact) mass is 233 g/mol. The molecule has 16 heavy (non-hydrogen) atoms. The van der Waals surface area contributed by atoms with Gasteiger partial charge in [-0.15, -0.1) is 0 Å². The largest absolute Gasteiger partial charge is 0.396 e. The highest BCUT2D eigenvalue weighted by Crippen LogP contribution is 2.19. The normalized spacial score (nSPS) is 10.4. The third-order valence-corrected chi connectivity index (χ3v) is 2.57. The number of aliphatic hydroxyl groups excluding tert-OH is 1. The van der Waals surface area contributed by atoms with Crippen LogP contribution in [0.3, 0.4) is 0 Å². The fourth-order valence-corrected chi connectivity index (χ4v) is 1.64. The minimum absolute atomic E-state index is 0.122. The summed E-state index contributed by atoms with van der Waals surface area (Å²) < 4.78 is 0. The summed E-state index contributed by atoms with van der Waals surface area (Å²) in [5, 5.41) is 9.58. The van der Waals surface area contributed by atoms with Crippen LogP contribution in [0.1, 0.15) is 5.69 Å². The maximum absolute atomic E-state index is 8.86. The first-order chi connectivity index (χ1) is 7.79. The molecule has 0 saturated carbocycles. The van der Waals surface area contributed by atoms with Crippen molar-refractivity contribution in [2.45, 2.75) is 6.42 Å². The van der Waals surface area contributed by atoms with E-state index in [0.29, 0.717) is 6.42 Å². The number of pyridine rings is 1. The van der Waals surface area contributed by atoms with Crippen LogP contribution < -0.4 is 0 Å². The molecule has 82 valence electrons. The lowest BCUT2D eigenvalue weighted by molar-refractivity contribution is 0.298. The standard InChI is InChI=1S/C13H12ClNO/c14-11-6-4-10(5-7-11)13-3-1-2-12(15-13)8-9-16/h1-7,16H,8-9H2. The summed E-state index contributed by atoms with van der Waals surface area (Å²) in [5.74, 6) is 0. The maximum atomic E-state index is 8.86. The van der Waals surface area contributed by atoms with Crippen molar-refractivity contribution in [3.8, 4) is 11.3 Å². The zero-order valence-electron chi connectivity index (χ0n) is 8.73. The summed E-state index contributed by atoms with van der Waals surface area (Å²) in [6, 6.07) is 13.4. The van der Waals surface area contributed by atoms with Gasteiger partial charge in [-0.1, -0.05) is 29.8 Å². The first-order valence-corrected chi connectivity index (χ1v) is 5.50. The Labute approximate surface area is 99.5 Å². The molecule has 2 aromatic rings. The molecule has 0 amide bonds. The fraction of sp³-hybridized carbons (Fsp3) is 0.154. The second kappa shape index (κ2) is 5.10. The van der Waals surface area contributed by atoms with Gasteiger partial charge in [0, 0.05) is 29.3 Å². The number of aromatic nitrogens is 1. The third kappa shape index (κ3) is 2.60. The SMILES string of the molecule is OCCc1cccc(-c2ccc(Cl)cc2)n1. The number of nitrogens with zero attached hydrogens (tertiary/aromatic N) is 1. The minimum atomic E-state index is 0.122. The van der Waals surface area contributed by atoms with Crippen LogP contribution in [0.5, 0.6) is 0 Å². The number of benzene rings is 1. The number of hydrogen-bond donors (Lipinski definition) is 1. The van der Waals surface area contributed by atoms with E-state index in [0.717, 1.165) is 22.0 Å². The van der Waals surface area contributed by atoms with E-state index in [1.54, 1.807) is 0 Å². The van der Waals surface area contributed by atoms with Crippen molar-refractivity contribution in [1.29, 1.82) is 0 Å². The quantitative estimate of drug-likeness (QED) is 0.884. The third-order valence-electron chi connectivity index (χ3n) is 2.31. The van der Waals surface area contributed by atoms with Gasteiger partial charge in [-0.25, -0.2) is 0 Å². The molecule has 1 aromatic heterocycles. The number of rotatable bonds is 3. The molecular weight excluding hydrogens is 222 g/mol. The predicted molar refractivity (Wildman–Crippen MR) is 65.5 cm³/mol. The number of halogens is 1. The molecule has 0 unspecified atom stereocenters. The van der Waals surface area contributed by atoms with Crippen molar-refractivity contribution in [2.24, 2.45) is 0 Å². The molecule has 0 radical (unpaired) electrons. The zero-order valence-corrected chi connectivity index (χ0v) is 9.48. The molecule has 1 N–H and O–H groups in total. The topological polar surface area (TPSA) is 33.1 Å². The van der Waals surface area contributed by atoms with Gasteiger partial charge in [0.15, 0.2) is 0 Å². The van der Waals surface area contributed by atoms with Crippen molar-refractivity contribution < 1.29 is 5.11 Å². The second-order valence-corrected chi connectivity index (χ2v) is 3.93. The summed E-state index contributed by atoms with van der Waals surface area (Å²) >= 11 is 5.83. The zero-order chi connectivity index (χ0) is 11.4. The van der Waals surface area contributed by atoms with Crippen LogP contribution in [0, 0.1) is 0 Å². The molecule has 0 aliphatic rings.